The van der Waals surface area contributed by atoms with E-state index in [1.807, 2.05) is 0 Å². The van der Waals surface area contributed by atoms with Crippen molar-refractivity contribution in [2.75, 3.05) is 0 Å². The fourth-order valence-electron chi connectivity index (χ4n) is 1.65. The second kappa shape index (κ2) is 6.83. The van der Waals surface area contributed by atoms with E-state index in [4.69, 9.17) is 16.3 Å². The van der Waals surface area contributed by atoms with Gasteiger partial charge in [-0.3, -0.25) is 9.78 Å². The van der Waals surface area contributed by atoms with Gasteiger partial charge in [-0.1, -0.05) is 11.6 Å². The van der Waals surface area contributed by atoms with Crippen LogP contribution in [0, 0.1) is 0 Å². The molecule has 6 heteroatoms. The lowest BCUT2D eigenvalue weighted by Crippen LogP contribution is -2.24. The SMILES string of the molecule is C[C@@H](OC(=O)c1cncc(Br)c1)C(=O)c1ccc(Cl)cc1. The first-order valence-corrected chi connectivity index (χ1v) is 7.26. The lowest BCUT2D eigenvalue weighted by atomic mass is 10.1. The summed E-state index contributed by atoms with van der Waals surface area (Å²) in [5, 5.41) is 0.538. The summed E-state index contributed by atoms with van der Waals surface area (Å²) in [6, 6.07) is 7.99. The molecular formula is C15H11BrClNO3. The van der Waals surface area contributed by atoms with Gasteiger partial charge in [0.1, 0.15) is 0 Å². The van der Waals surface area contributed by atoms with Gasteiger partial charge in [0.05, 0.1) is 5.56 Å². The molecule has 0 saturated carbocycles. The zero-order valence-corrected chi connectivity index (χ0v) is 13.4. The number of rotatable bonds is 4. The number of carbonyl (C=O) groups is 2. The minimum absolute atomic E-state index is 0.278. The van der Waals surface area contributed by atoms with Crippen molar-refractivity contribution in [1.29, 1.82) is 0 Å². The first-order valence-electron chi connectivity index (χ1n) is 6.08. The third-order valence-electron chi connectivity index (χ3n) is 2.72. The number of pyridine rings is 1. The summed E-state index contributed by atoms with van der Waals surface area (Å²) >= 11 is 8.99. The molecule has 108 valence electrons. The summed E-state index contributed by atoms with van der Waals surface area (Å²) < 4.78 is 5.82. The Labute approximate surface area is 135 Å². The van der Waals surface area contributed by atoms with Crippen LogP contribution < -0.4 is 0 Å². The number of nitrogens with zero attached hydrogens (tertiary/aromatic N) is 1. The van der Waals surface area contributed by atoms with Crippen molar-refractivity contribution in [3.05, 3.63) is 63.3 Å². The maximum atomic E-state index is 12.1. The van der Waals surface area contributed by atoms with Crippen molar-refractivity contribution < 1.29 is 14.3 Å². The molecule has 1 heterocycles. The number of hydrogen-bond acceptors (Lipinski definition) is 4. The highest BCUT2D eigenvalue weighted by atomic mass is 79.9. The second-order valence-corrected chi connectivity index (χ2v) is 5.66. The molecule has 2 rings (SSSR count). The minimum atomic E-state index is -0.891. The molecule has 0 aliphatic rings. The van der Waals surface area contributed by atoms with Gasteiger partial charge in [-0.2, -0.15) is 0 Å². The van der Waals surface area contributed by atoms with E-state index in [2.05, 4.69) is 20.9 Å². The number of benzene rings is 1. The number of aromatic nitrogens is 1. The van der Waals surface area contributed by atoms with Crippen LogP contribution in [0.3, 0.4) is 0 Å². The molecule has 1 aromatic heterocycles. The standard InChI is InChI=1S/C15H11BrClNO3/c1-9(14(19)10-2-4-13(17)5-3-10)21-15(20)11-6-12(16)8-18-7-11/h2-9H,1H3/t9-/m1/s1. The van der Waals surface area contributed by atoms with Crippen LogP contribution in [0.5, 0.6) is 0 Å². The van der Waals surface area contributed by atoms with E-state index < -0.39 is 12.1 Å². The first-order chi connectivity index (χ1) is 9.97. The van der Waals surface area contributed by atoms with E-state index in [9.17, 15) is 9.59 Å². The van der Waals surface area contributed by atoms with Gasteiger partial charge in [0.2, 0.25) is 5.78 Å². The number of Topliss-reactive ketones (excluding diaryl/α,β-unsaturated/α-hetero) is 1. The van der Waals surface area contributed by atoms with E-state index in [-0.39, 0.29) is 11.3 Å². The monoisotopic (exact) mass is 367 g/mol. The summed E-state index contributed by atoms with van der Waals surface area (Å²) in [6.07, 6.45) is 2.05. The third kappa shape index (κ3) is 4.12. The van der Waals surface area contributed by atoms with Gasteiger partial charge in [-0.25, -0.2) is 4.79 Å². The number of esters is 1. The predicted octanol–water partition coefficient (Wildman–Crippen LogP) is 3.93. The van der Waals surface area contributed by atoms with E-state index in [1.165, 1.54) is 13.1 Å². The highest BCUT2D eigenvalue weighted by Crippen LogP contribution is 2.15. The predicted molar refractivity (Wildman–Crippen MR) is 82.6 cm³/mol. The smallest absolute Gasteiger partial charge is 0.340 e. The Hall–Kier alpha value is -1.72. The normalized spacial score (nSPS) is 11.8. The molecule has 0 bridgehead atoms. The Bertz CT molecular complexity index is 673. The van der Waals surface area contributed by atoms with Crippen LogP contribution in [0.25, 0.3) is 0 Å². The van der Waals surface area contributed by atoms with Crippen molar-refractivity contribution in [2.45, 2.75) is 13.0 Å². The number of carbonyl (C=O) groups excluding carboxylic acids is 2. The molecule has 0 amide bonds. The molecule has 0 N–H and O–H groups in total. The maximum Gasteiger partial charge on any atom is 0.340 e. The largest absolute Gasteiger partial charge is 0.451 e. The average Bonchev–Trinajstić information content (AvgIpc) is 2.47. The van der Waals surface area contributed by atoms with Crippen LogP contribution in [0.15, 0.2) is 47.2 Å². The zero-order chi connectivity index (χ0) is 15.4. The molecule has 0 spiro atoms. The van der Waals surface area contributed by atoms with Crippen LogP contribution >= 0.6 is 27.5 Å². The topological polar surface area (TPSA) is 56.3 Å². The molecule has 0 unspecified atom stereocenters. The van der Waals surface area contributed by atoms with Gasteiger partial charge in [-0.15, -0.1) is 0 Å². The van der Waals surface area contributed by atoms with Crippen molar-refractivity contribution in [1.82, 2.24) is 4.98 Å². The van der Waals surface area contributed by atoms with Gasteiger partial charge in [0, 0.05) is 27.5 Å². The molecule has 4 nitrogen and oxygen atoms in total. The minimum Gasteiger partial charge on any atom is -0.451 e. The molecule has 0 aliphatic carbocycles. The average molecular weight is 369 g/mol. The quantitative estimate of drug-likeness (QED) is 0.606. The van der Waals surface area contributed by atoms with Gasteiger partial charge in [-0.05, 0) is 53.2 Å². The third-order valence-corrected chi connectivity index (χ3v) is 3.41. The van der Waals surface area contributed by atoms with Crippen LogP contribution in [-0.4, -0.2) is 22.8 Å². The van der Waals surface area contributed by atoms with Crippen molar-refractivity contribution in [3.8, 4) is 0 Å². The summed E-state index contributed by atoms with van der Waals surface area (Å²) in [5.41, 5.74) is 0.715. The maximum absolute atomic E-state index is 12.1. The van der Waals surface area contributed by atoms with Crippen LogP contribution in [0.1, 0.15) is 27.6 Å². The van der Waals surface area contributed by atoms with Crippen LogP contribution in [0.2, 0.25) is 5.02 Å². The van der Waals surface area contributed by atoms with E-state index >= 15 is 0 Å². The first kappa shape index (κ1) is 15.7. The second-order valence-electron chi connectivity index (χ2n) is 4.31. The Morgan fingerprint density at radius 2 is 1.86 bits per heavy atom. The highest BCUT2D eigenvalue weighted by Gasteiger charge is 2.20. The highest BCUT2D eigenvalue weighted by molar-refractivity contribution is 9.10. The molecule has 2 aromatic rings. The summed E-state index contributed by atoms with van der Waals surface area (Å²) in [5.74, 6) is -0.887. The van der Waals surface area contributed by atoms with Crippen LogP contribution in [0.4, 0.5) is 0 Å². The van der Waals surface area contributed by atoms with E-state index in [1.54, 1.807) is 36.5 Å². The molecule has 21 heavy (non-hydrogen) atoms. The molecule has 0 radical (unpaired) electrons. The fourth-order valence-corrected chi connectivity index (χ4v) is 2.15. The fraction of sp³-hybridized carbons (Fsp3) is 0.133. The lowest BCUT2D eigenvalue weighted by molar-refractivity contribution is 0.0318. The van der Waals surface area contributed by atoms with Crippen molar-refractivity contribution in [3.63, 3.8) is 0 Å². The summed E-state index contributed by atoms with van der Waals surface area (Å²) in [7, 11) is 0. The molecular weight excluding hydrogens is 358 g/mol. The molecule has 0 saturated heterocycles. The number of ketones is 1. The number of ether oxygens (including phenoxy) is 1. The van der Waals surface area contributed by atoms with Gasteiger partial charge in [0.15, 0.2) is 6.10 Å². The van der Waals surface area contributed by atoms with Gasteiger partial charge < -0.3 is 4.74 Å². The van der Waals surface area contributed by atoms with Crippen LogP contribution in [-0.2, 0) is 4.74 Å². The molecule has 0 fully saturated rings. The summed E-state index contributed by atoms with van der Waals surface area (Å²) in [6.45, 7) is 1.53. The van der Waals surface area contributed by atoms with Crippen molar-refractivity contribution in [2.24, 2.45) is 0 Å². The van der Waals surface area contributed by atoms with E-state index in [0.29, 0.717) is 15.1 Å². The Kier molecular flexibility index (Phi) is 5.09. The molecule has 1 aromatic carbocycles. The lowest BCUT2D eigenvalue weighted by Gasteiger charge is -2.12. The van der Waals surface area contributed by atoms with Crippen molar-refractivity contribution >= 4 is 39.3 Å². The number of hydrogen-bond donors (Lipinski definition) is 0. The number of halogens is 2. The Morgan fingerprint density at radius 3 is 2.48 bits per heavy atom. The molecule has 0 aliphatic heterocycles. The van der Waals surface area contributed by atoms with E-state index in [0.717, 1.165) is 0 Å². The zero-order valence-electron chi connectivity index (χ0n) is 11.0. The Balaban J connectivity index is 2.07. The Morgan fingerprint density at radius 1 is 1.19 bits per heavy atom. The van der Waals surface area contributed by atoms with Gasteiger partial charge in [0.25, 0.3) is 0 Å². The van der Waals surface area contributed by atoms with Gasteiger partial charge >= 0.3 is 5.97 Å². The summed E-state index contributed by atoms with van der Waals surface area (Å²) in [4.78, 5) is 28.0. The molecule has 1 atom stereocenters.